The maximum Gasteiger partial charge on any atom is 0.104 e. The monoisotopic (exact) mass is 106 g/mol. The molecule has 0 aromatic heterocycles. The molecule has 4 nitrogen and oxygen atoms in total. The van der Waals surface area contributed by atoms with Crippen molar-refractivity contribution in [1.29, 1.82) is 0 Å². The fraction of sp³-hybridized carbons (Fsp3) is 1.00. The summed E-state index contributed by atoms with van der Waals surface area (Å²) in [5.74, 6) is 4.86. The predicted octanol–water partition coefficient (Wildman–Crippen LogP) is -0.672. The molecule has 44 valence electrons. The highest BCUT2D eigenvalue weighted by atomic mass is 17.1. The molecule has 4 heteroatoms. The van der Waals surface area contributed by atoms with Crippen molar-refractivity contribution in [2.45, 2.75) is 13.0 Å². The lowest BCUT2D eigenvalue weighted by Crippen LogP contribution is -2.31. The first-order valence-electron chi connectivity index (χ1n) is 2.05. The molecule has 0 saturated carbocycles. The van der Waals surface area contributed by atoms with Crippen LogP contribution in [0, 0.1) is 0 Å². The van der Waals surface area contributed by atoms with E-state index in [0.29, 0.717) is 6.54 Å². The van der Waals surface area contributed by atoms with Gasteiger partial charge in [0.05, 0.1) is 0 Å². The lowest BCUT2D eigenvalue weighted by Gasteiger charge is -2.02. The first kappa shape index (κ1) is 6.84. The molecule has 0 saturated heterocycles. The Labute approximate surface area is 42.2 Å². The third-order valence-corrected chi connectivity index (χ3v) is 0.585. The summed E-state index contributed by atoms with van der Waals surface area (Å²) >= 11 is 0. The number of nitrogens with two attached hydrogens (primary N) is 1. The number of hydrogen-bond acceptors (Lipinski definition) is 4. The van der Waals surface area contributed by atoms with Crippen molar-refractivity contribution in [3.8, 4) is 0 Å². The van der Waals surface area contributed by atoms with Gasteiger partial charge in [-0.2, -0.15) is 0 Å². The van der Waals surface area contributed by atoms with E-state index in [-0.39, 0.29) is 6.10 Å². The van der Waals surface area contributed by atoms with Crippen LogP contribution in [0.1, 0.15) is 6.92 Å². The molecule has 4 N–H and O–H groups in total. The van der Waals surface area contributed by atoms with E-state index in [9.17, 15) is 0 Å². The number of rotatable bonds is 3. The van der Waals surface area contributed by atoms with E-state index < -0.39 is 0 Å². The van der Waals surface area contributed by atoms with Gasteiger partial charge in [0.25, 0.3) is 0 Å². The first-order valence-corrected chi connectivity index (χ1v) is 2.05. The average Bonchev–Trinajstić information content (AvgIpc) is 1.68. The minimum atomic E-state index is -0.231. The second-order valence-corrected chi connectivity index (χ2v) is 1.32. The fourth-order valence-electron chi connectivity index (χ4n) is 0.203. The molecule has 0 fully saturated rings. The molecule has 0 aliphatic carbocycles. The van der Waals surface area contributed by atoms with Gasteiger partial charge in [0, 0.05) is 6.54 Å². The van der Waals surface area contributed by atoms with Crippen molar-refractivity contribution in [3.63, 3.8) is 0 Å². The van der Waals surface area contributed by atoms with Crippen molar-refractivity contribution >= 4 is 0 Å². The summed E-state index contributed by atoms with van der Waals surface area (Å²) in [6, 6.07) is 0. The summed E-state index contributed by atoms with van der Waals surface area (Å²) in [6.45, 7) is 2.15. The van der Waals surface area contributed by atoms with E-state index in [1.54, 1.807) is 6.92 Å². The Morgan fingerprint density at radius 1 is 2.00 bits per heavy atom. The SMILES string of the molecule is CC(CNN)OO. The molecular weight excluding hydrogens is 96.0 g/mol. The molecule has 1 unspecified atom stereocenters. The quantitative estimate of drug-likeness (QED) is 0.253. The largest absolute Gasteiger partial charge is 0.271 e. The van der Waals surface area contributed by atoms with Gasteiger partial charge in [0.1, 0.15) is 6.10 Å². The number of nitrogens with one attached hydrogen (secondary N) is 1. The zero-order chi connectivity index (χ0) is 5.70. The molecule has 0 radical (unpaired) electrons. The van der Waals surface area contributed by atoms with E-state index in [0.717, 1.165) is 0 Å². The topological polar surface area (TPSA) is 67.5 Å². The van der Waals surface area contributed by atoms with E-state index in [1.165, 1.54) is 0 Å². The fourth-order valence-corrected chi connectivity index (χ4v) is 0.203. The normalized spacial score (nSPS) is 14.1. The molecular formula is C3H10N2O2. The van der Waals surface area contributed by atoms with Crippen LogP contribution in [0.5, 0.6) is 0 Å². The van der Waals surface area contributed by atoms with Gasteiger partial charge in [0.15, 0.2) is 0 Å². The highest BCUT2D eigenvalue weighted by molar-refractivity contribution is 4.45. The third-order valence-electron chi connectivity index (χ3n) is 0.585. The Kier molecular flexibility index (Phi) is 3.92. The van der Waals surface area contributed by atoms with Gasteiger partial charge in [-0.25, -0.2) is 4.89 Å². The van der Waals surface area contributed by atoms with Gasteiger partial charge in [0.2, 0.25) is 0 Å². The Morgan fingerprint density at radius 3 is 2.71 bits per heavy atom. The molecule has 0 aliphatic heterocycles. The lowest BCUT2D eigenvalue weighted by atomic mass is 10.4. The molecule has 0 aliphatic rings. The van der Waals surface area contributed by atoms with Crippen LogP contribution in [0.4, 0.5) is 0 Å². The lowest BCUT2D eigenvalue weighted by molar-refractivity contribution is -0.272. The first-order chi connectivity index (χ1) is 3.31. The molecule has 0 aromatic rings. The second-order valence-electron chi connectivity index (χ2n) is 1.32. The summed E-state index contributed by atoms with van der Waals surface area (Å²) < 4.78 is 0. The van der Waals surface area contributed by atoms with Crippen molar-refractivity contribution in [2.24, 2.45) is 5.84 Å². The van der Waals surface area contributed by atoms with Crippen LogP contribution in [-0.2, 0) is 4.89 Å². The summed E-state index contributed by atoms with van der Waals surface area (Å²) in [4.78, 5) is 3.85. The Hall–Kier alpha value is -0.160. The van der Waals surface area contributed by atoms with Gasteiger partial charge in [-0.3, -0.25) is 16.5 Å². The van der Waals surface area contributed by atoms with E-state index in [1.807, 2.05) is 0 Å². The Morgan fingerprint density at radius 2 is 2.57 bits per heavy atom. The second kappa shape index (κ2) is 4.01. The van der Waals surface area contributed by atoms with Crippen LogP contribution < -0.4 is 11.3 Å². The van der Waals surface area contributed by atoms with Crippen LogP contribution in [0.25, 0.3) is 0 Å². The van der Waals surface area contributed by atoms with E-state index >= 15 is 0 Å². The zero-order valence-corrected chi connectivity index (χ0v) is 4.22. The van der Waals surface area contributed by atoms with Gasteiger partial charge in [-0.05, 0) is 6.92 Å². The molecule has 0 rings (SSSR count). The average molecular weight is 106 g/mol. The standard InChI is InChI=1S/C3H10N2O2/c1-3(7-6)2-5-4/h3,5-6H,2,4H2,1H3. The highest BCUT2D eigenvalue weighted by Gasteiger charge is 1.94. The number of hydrazine groups is 1. The van der Waals surface area contributed by atoms with Crippen LogP contribution in [0.3, 0.4) is 0 Å². The van der Waals surface area contributed by atoms with Gasteiger partial charge in [-0.1, -0.05) is 0 Å². The Bertz CT molecular complexity index is 41.9. The molecule has 0 amide bonds. The van der Waals surface area contributed by atoms with Crippen molar-refractivity contribution < 1.29 is 10.1 Å². The van der Waals surface area contributed by atoms with Crippen LogP contribution >= 0.6 is 0 Å². The van der Waals surface area contributed by atoms with Crippen LogP contribution in [0.2, 0.25) is 0 Å². The smallest absolute Gasteiger partial charge is 0.104 e. The van der Waals surface area contributed by atoms with Crippen LogP contribution in [-0.4, -0.2) is 17.9 Å². The number of hydrogen-bond donors (Lipinski definition) is 3. The molecule has 1 atom stereocenters. The minimum Gasteiger partial charge on any atom is -0.271 e. The maximum atomic E-state index is 7.87. The van der Waals surface area contributed by atoms with Crippen molar-refractivity contribution in [1.82, 2.24) is 5.43 Å². The summed E-state index contributed by atoms with van der Waals surface area (Å²) in [5, 5.41) is 7.87. The highest BCUT2D eigenvalue weighted by Crippen LogP contribution is 1.79. The maximum absolute atomic E-state index is 7.87. The molecule has 0 heterocycles. The molecule has 7 heavy (non-hydrogen) atoms. The van der Waals surface area contributed by atoms with Gasteiger partial charge in [-0.15, -0.1) is 0 Å². The predicted molar refractivity (Wildman–Crippen MR) is 25.4 cm³/mol. The van der Waals surface area contributed by atoms with E-state index in [4.69, 9.17) is 11.1 Å². The Balaban J connectivity index is 2.83. The summed E-state index contributed by atoms with van der Waals surface area (Å²) in [7, 11) is 0. The van der Waals surface area contributed by atoms with Crippen LogP contribution in [0.15, 0.2) is 0 Å². The van der Waals surface area contributed by atoms with E-state index in [2.05, 4.69) is 10.3 Å². The van der Waals surface area contributed by atoms with Crippen molar-refractivity contribution in [2.75, 3.05) is 6.54 Å². The molecule has 0 bridgehead atoms. The third kappa shape index (κ3) is 3.68. The van der Waals surface area contributed by atoms with Gasteiger partial charge < -0.3 is 0 Å². The summed E-state index contributed by atoms with van der Waals surface area (Å²) in [6.07, 6.45) is -0.231. The molecule has 0 spiro atoms. The zero-order valence-electron chi connectivity index (χ0n) is 4.22. The molecule has 0 aromatic carbocycles. The minimum absolute atomic E-state index is 0.231. The van der Waals surface area contributed by atoms with Crippen molar-refractivity contribution in [3.05, 3.63) is 0 Å². The summed E-state index contributed by atoms with van der Waals surface area (Å²) in [5.41, 5.74) is 2.33. The van der Waals surface area contributed by atoms with Gasteiger partial charge >= 0.3 is 0 Å².